The van der Waals surface area contributed by atoms with Gasteiger partial charge in [-0.2, -0.15) is 11.8 Å². The minimum Gasteiger partial charge on any atom is -0.326 e. The second-order valence-corrected chi connectivity index (χ2v) is 5.93. The SMILES string of the molecule is CSCC(N)C1(c2ccc(Cl)cc2)CCC1. The number of benzene rings is 1. The Labute approximate surface area is 107 Å². The fraction of sp³-hybridized carbons (Fsp3) is 0.538. The van der Waals surface area contributed by atoms with Gasteiger partial charge in [-0.15, -0.1) is 0 Å². The third kappa shape index (κ3) is 2.11. The van der Waals surface area contributed by atoms with E-state index in [1.807, 2.05) is 23.9 Å². The highest BCUT2D eigenvalue weighted by molar-refractivity contribution is 7.98. The normalized spacial score (nSPS) is 20.2. The molecule has 1 nitrogen and oxygen atoms in total. The Bertz CT molecular complexity index is 345. The summed E-state index contributed by atoms with van der Waals surface area (Å²) in [4.78, 5) is 0. The second kappa shape index (κ2) is 4.99. The molecule has 1 aliphatic rings. The van der Waals surface area contributed by atoms with E-state index in [1.165, 1.54) is 24.8 Å². The molecule has 88 valence electrons. The van der Waals surface area contributed by atoms with E-state index in [2.05, 4.69) is 18.4 Å². The minimum absolute atomic E-state index is 0.216. The van der Waals surface area contributed by atoms with Crippen molar-refractivity contribution in [2.45, 2.75) is 30.7 Å². The molecule has 0 amide bonds. The average Bonchev–Trinajstić information content (AvgIpc) is 2.19. The lowest BCUT2D eigenvalue weighted by Crippen LogP contribution is -2.51. The van der Waals surface area contributed by atoms with E-state index in [0.29, 0.717) is 0 Å². The van der Waals surface area contributed by atoms with E-state index in [9.17, 15) is 0 Å². The van der Waals surface area contributed by atoms with Gasteiger partial charge in [0.25, 0.3) is 0 Å². The molecule has 1 fully saturated rings. The molecular weight excluding hydrogens is 238 g/mol. The Morgan fingerprint density at radius 2 is 2.00 bits per heavy atom. The van der Waals surface area contributed by atoms with E-state index < -0.39 is 0 Å². The van der Waals surface area contributed by atoms with Crippen molar-refractivity contribution in [2.75, 3.05) is 12.0 Å². The highest BCUT2D eigenvalue weighted by Gasteiger charge is 2.43. The zero-order chi connectivity index (χ0) is 11.6. The Morgan fingerprint density at radius 1 is 1.38 bits per heavy atom. The maximum atomic E-state index is 6.34. The van der Waals surface area contributed by atoms with Crippen LogP contribution in [0.2, 0.25) is 5.02 Å². The lowest BCUT2D eigenvalue weighted by atomic mass is 9.61. The summed E-state index contributed by atoms with van der Waals surface area (Å²) in [5, 5.41) is 0.802. The third-order valence-electron chi connectivity index (χ3n) is 3.72. The summed E-state index contributed by atoms with van der Waals surface area (Å²) in [5.41, 5.74) is 7.92. The molecule has 0 heterocycles. The molecule has 2 rings (SSSR count). The topological polar surface area (TPSA) is 26.0 Å². The van der Waals surface area contributed by atoms with Crippen LogP contribution in [0.15, 0.2) is 24.3 Å². The molecule has 0 bridgehead atoms. The summed E-state index contributed by atoms with van der Waals surface area (Å²) in [6, 6.07) is 8.49. The van der Waals surface area contributed by atoms with E-state index in [0.717, 1.165) is 10.8 Å². The first-order chi connectivity index (χ1) is 7.69. The molecule has 1 aliphatic carbocycles. The van der Waals surface area contributed by atoms with Gasteiger partial charge in [-0.25, -0.2) is 0 Å². The molecule has 2 N–H and O–H groups in total. The molecule has 16 heavy (non-hydrogen) atoms. The minimum atomic E-state index is 0.216. The quantitative estimate of drug-likeness (QED) is 0.892. The number of thioether (sulfide) groups is 1. The van der Waals surface area contributed by atoms with Gasteiger partial charge in [-0.3, -0.25) is 0 Å². The van der Waals surface area contributed by atoms with Gasteiger partial charge in [-0.05, 0) is 36.8 Å². The van der Waals surface area contributed by atoms with Crippen molar-refractivity contribution in [3.63, 3.8) is 0 Å². The zero-order valence-corrected chi connectivity index (χ0v) is 11.2. The zero-order valence-electron chi connectivity index (χ0n) is 9.58. The Morgan fingerprint density at radius 3 is 2.44 bits per heavy atom. The summed E-state index contributed by atoms with van der Waals surface area (Å²) < 4.78 is 0. The van der Waals surface area contributed by atoms with Crippen molar-refractivity contribution in [3.05, 3.63) is 34.9 Å². The summed E-state index contributed by atoms with van der Waals surface area (Å²) >= 11 is 7.76. The highest BCUT2D eigenvalue weighted by atomic mass is 35.5. The fourth-order valence-corrected chi connectivity index (χ4v) is 3.36. The van der Waals surface area contributed by atoms with E-state index in [-0.39, 0.29) is 11.5 Å². The number of rotatable bonds is 4. The predicted octanol–water partition coefficient (Wildman–Crippen LogP) is 3.45. The Hall–Kier alpha value is -0.180. The molecule has 0 spiro atoms. The smallest absolute Gasteiger partial charge is 0.0406 e. The van der Waals surface area contributed by atoms with Crippen LogP contribution in [0.5, 0.6) is 0 Å². The van der Waals surface area contributed by atoms with Gasteiger partial charge in [0.15, 0.2) is 0 Å². The van der Waals surface area contributed by atoms with Crippen LogP contribution in [-0.4, -0.2) is 18.1 Å². The molecule has 1 saturated carbocycles. The summed E-state index contributed by atoms with van der Waals surface area (Å²) in [5.74, 6) is 1.03. The molecule has 1 aromatic carbocycles. The van der Waals surface area contributed by atoms with Crippen molar-refractivity contribution in [2.24, 2.45) is 5.73 Å². The molecule has 3 heteroatoms. The van der Waals surface area contributed by atoms with Crippen LogP contribution in [-0.2, 0) is 5.41 Å². The highest BCUT2D eigenvalue weighted by Crippen LogP contribution is 2.46. The molecule has 0 radical (unpaired) electrons. The summed E-state index contributed by atoms with van der Waals surface area (Å²) in [7, 11) is 0. The maximum absolute atomic E-state index is 6.34. The van der Waals surface area contributed by atoms with Crippen LogP contribution < -0.4 is 5.73 Å². The van der Waals surface area contributed by atoms with Crippen molar-refractivity contribution >= 4 is 23.4 Å². The first-order valence-electron chi connectivity index (χ1n) is 5.69. The monoisotopic (exact) mass is 255 g/mol. The molecule has 0 aliphatic heterocycles. The Balaban J connectivity index is 2.24. The van der Waals surface area contributed by atoms with E-state index in [1.54, 1.807) is 0 Å². The number of hydrogen-bond acceptors (Lipinski definition) is 2. The van der Waals surface area contributed by atoms with Gasteiger partial charge in [0, 0.05) is 22.2 Å². The van der Waals surface area contributed by atoms with E-state index >= 15 is 0 Å². The lowest BCUT2D eigenvalue weighted by molar-refractivity contribution is 0.207. The van der Waals surface area contributed by atoms with Crippen molar-refractivity contribution in [3.8, 4) is 0 Å². The van der Waals surface area contributed by atoms with Gasteiger partial charge in [-0.1, -0.05) is 30.2 Å². The maximum Gasteiger partial charge on any atom is 0.0406 e. The molecule has 1 unspecified atom stereocenters. The lowest BCUT2D eigenvalue weighted by Gasteiger charge is -2.47. The van der Waals surface area contributed by atoms with E-state index in [4.69, 9.17) is 17.3 Å². The third-order valence-corrected chi connectivity index (χ3v) is 4.67. The number of nitrogens with two attached hydrogens (primary N) is 1. The number of hydrogen-bond donors (Lipinski definition) is 1. The van der Waals surface area contributed by atoms with Crippen LogP contribution in [0.3, 0.4) is 0 Å². The summed E-state index contributed by atoms with van der Waals surface area (Å²) in [6.45, 7) is 0. The Kier molecular flexibility index (Phi) is 3.83. The number of halogens is 1. The van der Waals surface area contributed by atoms with Gasteiger partial charge < -0.3 is 5.73 Å². The fourth-order valence-electron chi connectivity index (χ4n) is 2.55. The van der Waals surface area contributed by atoms with Gasteiger partial charge >= 0.3 is 0 Å². The van der Waals surface area contributed by atoms with Crippen LogP contribution in [0.4, 0.5) is 0 Å². The predicted molar refractivity (Wildman–Crippen MR) is 73.3 cm³/mol. The molecular formula is C13H18ClNS. The van der Waals surface area contributed by atoms with Crippen LogP contribution in [0.25, 0.3) is 0 Å². The van der Waals surface area contributed by atoms with Crippen LogP contribution in [0, 0.1) is 0 Å². The second-order valence-electron chi connectivity index (χ2n) is 4.58. The first-order valence-corrected chi connectivity index (χ1v) is 7.47. The van der Waals surface area contributed by atoms with Crippen molar-refractivity contribution in [1.82, 2.24) is 0 Å². The van der Waals surface area contributed by atoms with Crippen molar-refractivity contribution in [1.29, 1.82) is 0 Å². The molecule has 0 aromatic heterocycles. The van der Waals surface area contributed by atoms with Gasteiger partial charge in [0.05, 0.1) is 0 Å². The standard InChI is InChI=1S/C13H18ClNS/c1-16-9-12(15)13(7-2-8-13)10-3-5-11(14)6-4-10/h3-6,12H,2,7-9,15H2,1H3. The van der Waals surface area contributed by atoms with Crippen molar-refractivity contribution < 1.29 is 0 Å². The molecule has 1 aromatic rings. The molecule has 0 saturated heterocycles. The molecule has 1 atom stereocenters. The average molecular weight is 256 g/mol. The van der Waals surface area contributed by atoms with Gasteiger partial charge in [0.2, 0.25) is 0 Å². The summed E-state index contributed by atoms with van der Waals surface area (Å²) in [6.07, 6.45) is 5.85. The first kappa shape index (κ1) is 12.3. The van der Waals surface area contributed by atoms with Crippen LogP contribution >= 0.6 is 23.4 Å². The van der Waals surface area contributed by atoms with Gasteiger partial charge in [0.1, 0.15) is 0 Å². The largest absolute Gasteiger partial charge is 0.326 e. The van der Waals surface area contributed by atoms with Crippen LogP contribution in [0.1, 0.15) is 24.8 Å².